The van der Waals surface area contributed by atoms with Gasteiger partial charge < -0.3 is 10.1 Å². The van der Waals surface area contributed by atoms with Crippen molar-refractivity contribution in [2.24, 2.45) is 0 Å². The quantitative estimate of drug-likeness (QED) is 0.626. The van der Waals surface area contributed by atoms with Gasteiger partial charge >= 0.3 is 5.69 Å². The molecule has 1 amide bonds. The number of hydrogen-bond acceptors (Lipinski definition) is 5. The van der Waals surface area contributed by atoms with Gasteiger partial charge in [0.05, 0.1) is 18.3 Å². The lowest BCUT2D eigenvalue weighted by Crippen LogP contribution is -2.46. The largest absolute Gasteiger partial charge is 0.376 e. The Morgan fingerprint density at radius 1 is 1.12 bits per heavy atom. The second kappa shape index (κ2) is 9.23. The van der Waals surface area contributed by atoms with Crippen molar-refractivity contribution in [3.63, 3.8) is 0 Å². The lowest BCUT2D eigenvalue weighted by molar-refractivity contribution is 0.0849. The van der Waals surface area contributed by atoms with E-state index in [1.54, 1.807) is 6.07 Å². The number of amides is 1. The summed E-state index contributed by atoms with van der Waals surface area (Å²) in [5.74, 6) is -1.92. The van der Waals surface area contributed by atoms with Crippen LogP contribution in [0.1, 0.15) is 28.9 Å². The van der Waals surface area contributed by atoms with Crippen molar-refractivity contribution in [3.8, 4) is 5.69 Å². The number of hydrogen-bond donors (Lipinski definition) is 1. The van der Waals surface area contributed by atoms with Crippen molar-refractivity contribution in [1.82, 2.24) is 19.7 Å². The molecule has 0 unspecified atom stereocenters. The standard InChI is InChI=1S/C22H20F2N4O4/c23-15-7-9-16(10-8-15)28-22(31)27(13-14-4-1-2-6-18(14)24)21(30)19(26-28)20(29)25-12-17-5-3-11-32-17/h1-2,4,6-10,17H,3,5,11-13H2,(H,25,29)/t17-/m0/s1. The third-order valence-electron chi connectivity index (χ3n) is 5.15. The van der Waals surface area contributed by atoms with Gasteiger partial charge in [0, 0.05) is 18.7 Å². The molecule has 1 aliphatic heterocycles. The Balaban J connectivity index is 1.77. The van der Waals surface area contributed by atoms with Gasteiger partial charge in [-0.05, 0) is 43.2 Å². The number of nitrogens with one attached hydrogen (secondary N) is 1. The van der Waals surface area contributed by atoms with Crippen LogP contribution in [0.2, 0.25) is 0 Å². The highest BCUT2D eigenvalue weighted by Crippen LogP contribution is 2.11. The topological polar surface area (TPSA) is 95.2 Å². The summed E-state index contributed by atoms with van der Waals surface area (Å²) in [4.78, 5) is 38.8. The Kier molecular flexibility index (Phi) is 6.22. The fourth-order valence-corrected chi connectivity index (χ4v) is 3.44. The molecule has 10 heteroatoms. The summed E-state index contributed by atoms with van der Waals surface area (Å²) in [5, 5.41) is 6.55. The number of carbonyl (C=O) groups is 1. The number of aromatic nitrogens is 3. The maximum atomic E-state index is 14.2. The van der Waals surface area contributed by atoms with Crippen molar-refractivity contribution in [2.75, 3.05) is 13.2 Å². The van der Waals surface area contributed by atoms with E-state index in [0.717, 1.165) is 34.2 Å². The van der Waals surface area contributed by atoms with Crippen LogP contribution in [0.5, 0.6) is 0 Å². The molecule has 2 heterocycles. The van der Waals surface area contributed by atoms with E-state index in [1.807, 2.05) is 0 Å². The summed E-state index contributed by atoms with van der Waals surface area (Å²) >= 11 is 0. The summed E-state index contributed by atoms with van der Waals surface area (Å²) in [5.41, 5.74) is -2.15. The maximum absolute atomic E-state index is 14.2. The van der Waals surface area contributed by atoms with Crippen LogP contribution in [-0.4, -0.2) is 39.5 Å². The smallest absolute Gasteiger partial charge is 0.352 e. The zero-order chi connectivity index (χ0) is 22.7. The third-order valence-corrected chi connectivity index (χ3v) is 5.15. The van der Waals surface area contributed by atoms with Gasteiger partial charge in [-0.25, -0.2) is 13.6 Å². The number of benzene rings is 2. The van der Waals surface area contributed by atoms with Gasteiger partial charge in [0.15, 0.2) is 0 Å². The average molecular weight is 442 g/mol. The molecule has 8 nitrogen and oxygen atoms in total. The SMILES string of the molecule is O=C(NC[C@@H]1CCCO1)c1nn(-c2ccc(F)cc2)c(=O)n(Cc2ccccc2F)c1=O. The molecule has 0 radical (unpaired) electrons. The molecular formula is C22H20F2N4O4. The van der Waals surface area contributed by atoms with Crippen LogP contribution in [0.15, 0.2) is 58.1 Å². The van der Waals surface area contributed by atoms with E-state index in [1.165, 1.54) is 30.3 Å². The second-order valence-electron chi connectivity index (χ2n) is 7.35. The van der Waals surface area contributed by atoms with Gasteiger partial charge in [0.1, 0.15) is 11.6 Å². The van der Waals surface area contributed by atoms with E-state index in [9.17, 15) is 23.2 Å². The normalized spacial score (nSPS) is 15.6. The molecule has 1 atom stereocenters. The predicted molar refractivity (Wildman–Crippen MR) is 111 cm³/mol. The molecule has 1 aromatic heterocycles. The summed E-state index contributed by atoms with van der Waals surface area (Å²) in [6, 6.07) is 10.5. The maximum Gasteiger partial charge on any atom is 0.352 e. The first kappa shape index (κ1) is 21.6. The molecule has 0 bridgehead atoms. The van der Waals surface area contributed by atoms with Crippen molar-refractivity contribution in [2.45, 2.75) is 25.5 Å². The Morgan fingerprint density at radius 3 is 2.56 bits per heavy atom. The number of carbonyl (C=O) groups excluding carboxylic acids is 1. The molecular weight excluding hydrogens is 422 g/mol. The van der Waals surface area contributed by atoms with E-state index >= 15 is 0 Å². The van der Waals surface area contributed by atoms with Crippen molar-refractivity contribution in [1.29, 1.82) is 0 Å². The van der Waals surface area contributed by atoms with Gasteiger partial charge in [-0.2, -0.15) is 9.78 Å². The van der Waals surface area contributed by atoms with Crippen molar-refractivity contribution >= 4 is 5.91 Å². The van der Waals surface area contributed by atoms with Crippen LogP contribution in [0.4, 0.5) is 8.78 Å². The summed E-state index contributed by atoms with van der Waals surface area (Å²) < 4.78 is 34.5. The molecule has 0 spiro atoms. The lowest BCUT2D eigenvalue weighted by atomic mass is 10.2. The van der Waals surface area contributed by atoms with Crippen LogP contribution in [0.3, 0.4) is 0 Å². The van der Waals surface area contributed by atoms with Crippen LogP contribution >= 0.6 is 0 Å². The lowest BCUT2D eigenvalue weighted by Gasteiger charge is -2.14. The zero-order valence-corrected chi connectivity index (χ0v) is 17.0. The fraction of sp³-hybridized carbons (Fsp3) is 0.273. The summed E-state index contributed by atoms with van der Waals surface area (Å²) in [6.07, 6.45) is 1.49. The molecule has 2 aromatic carbocycles. The minimum atomic E-state index is -0.957. The number of rotatable bonds is 6. The van der Waals surface area contributed by atoms with Gasteiger partial charge in [0.25, 0.3) is 11.5 Å². The van der Waals surface area contributed by atoms with E-state index in [2.05, 4.69) is 10.4 Å². The van der Waals surface area contributed by atoms with Gasteiger partial charge in [0.2, 0.25) is 5.69 Å². The Hall–Kier alpha value is -3.66. The highest BCUT2D eigenvalue weighted by Gasteiger charge is 2.23. The number of halogens is 2. The molecule has 3 aromatic rings. The summed E-state index contributed by atoms with van der Waals surface area (Å²) in [7, 11) is 0. The molecule has 4 rings (SSSR count). The Bertz CT molecular complexity index is 1250. The molecule has 1 fully saturated rings. The average Bonchev–Trinajstić information content (AvgIpc) is 3.31. The minimum Gasteiger partial charge on any atom is -0.376 e. The minimum absolute atomic E-state index is 0.0919. The molecule has 1 saturated heterocycles. The Labute approximate surface area is 181 Å². The first-order valence-electron chi connectivity index (χ1n) is 10.1. The molecule has 0 saturated carbocycles. The predicted octanol–water partition coefficient (Wildman–Crippen LogP) is 1.63. The second-order valence-corrected chi connectivity index (χ2v) is 7.35. The third kappa shape index (κ3) is 4.50. The monoisotopic (exact) mass is 442 g/mol. The number of ether oxygens (including phenoxy) is 1. The van der Waals surface area contributed by atoms with Crippen LogP contribution in [-0.2, 0) is 11.3 Å². The number of nitrogens with zero attached hydrogens (tertiary/aromatic N) is 3. The molecule has 0 aliphatic carbocycles. The molecule has 1 aliphatic rings. The zero-order valence-electron chi connectivity index (χ0n) is 17.0. The van der Waals surface area contributed by atoms with Crippen molar-refractivity contribution in [3.05, 3.63) is 92.3 Å². The van der Waals surface area contributed by atoms with Crippen LogP contribution in [0.25, 0.3) is 5.69 Å². The van der Waals surface area contributed by atoms with E-state index < -0.39 is 41.0 Å². The van der Waals surface area contributed by atoms with Crippen LogP contribution < -0.4 is 16.6 Å². The van der Waals surface area contributed by atoms with Crippen molar-refractivity contribution < 1.29 is 18.3 Å². The van der Waals surface area contributed by atoms with Gasteiger partial charge in [-0.1, -0.05) is 18.2 Å². The first-order chi connectivity index (χ1) is 15.4. The first-order valence-corrected chi connectivity index (χ1v) is 10.1. The van der Waals surface area contributed by atoms with Gasteiger partial charge in [-0.3, -0.25) is 14.2 Å². The van der Waals surface area contributed by atoms with Crippen LogP contribution in [0, 0.1) is 11.6 Å². The van der Waals surface area contributed by atoms with E-state index in [4.69, 9.17) is 4.74 Å². The Morgan fingerprint density at radius 2 is 1.88 bits per heavy atom. The molecule has 1 N–H and O–H groups in total. The highest BCUT2D eigenvalue weighted by molar-refractivity contribution is 5.91. The van der Waals surface area contributed by atoms with E-state index in [-0.39, 0.29) is 23.9 Å². The van der Waals surface area contributed by atoms with Gasteiger partial charge in [-0.15, -0.1) is 0 Å². The summed E-state index contributed by atoms with van der Waals surface area (Å²) in [6.45, 7) is 0.382. The fourth-order valence-electron chi connectivity index (χ4n) is 3.44. The highest BCUT2D eigenvalue weighted by atomic mass is 19.1. The molecule has 32 heavy (non-hydrogen) atoms. The molecule has 166 valence electrons. The van der Waals surface area contributed by atoms with E-state index in [0.29, 0.717) is 6.61 Å².